The van der Waals surface area contributed by atoms with Gasteiger partial charge in [0.15, 0.2) is 5.63 Å². The maximum atomic E-state index is 12.1. The Hall–Kier alpha value is -0.760. The summed E-state index contributed by atoms with van der Waals surface area (Å²) in [5, 5.41) is 2.84. The smallest absolute Gasteiger partial charge is 0.190 e. The van der Waals surface area contributed by atoms with Gasteiger partial charge in [0.25, 0.3) is 0 Å². The van der Waals surface area contributed by atoms with Gasteiger partial charge in [-0.1, -0.05) is 29.8 Å². The molecule has 60 valence electrons. The summed E-state index contributed by atoms with van der Waals surface area (Å²) in [7, 11) is 0. The summed E-state index contributed by atoms with van der Waals surface area (Å²) in [6, 6.07) is 9.38. The Morgan fingerprint density at radius 3 is 2.55 bits per heavy atom. The maximum absolute atomic E-state index is 12.1. The van der Waals surface area contributed by atoms with Crippen molar-refractivity contribution in [3.05, 3.63) is 30.3 Å². The van der Waals surface area contributed by atoms with Crippen molar-refractivity contribution < 1.29 is 4.39 Å². The molecule has 0 bridgehead atoms. The third-order valence-corrected chi connectivity index (χ3v) is 1.39. The first kappa shape index (κ1) is 8.34. The fourth-order valence-corrected chi connectivity index (χ4v) is 0.828. The third kappa shape index (κ3) is 3.23. The van der Waals surface area contributed by atoms with Gasteiger partial charge in [0.2, 0.25) is 0 Å². The second kappa shape index (κ2) is 4.19. The minimum absolute atomic E-state index is 0.144. The van der Waals surface area contributed by atoms with Gasteiger partial charge in [-0.05, 0) is 12.1 Å². The minimum Gasteiger partial charge on any atom is -0.381 e. The molecule has 0 heterocycles. The summed E-state index contributed by atoms with van der Waals surface area (Å²) < 4.78 is 12.1. The number of rotatable bonds is 3. The van der Waals surface area contributed by atoms with Gasteiger partial charge in [-0.15, -0.1) is 0 Å². The van der Waals surface area contributed by atoms with Crippen LogP contribution in [0, 0.1) is 0 Å². The quantitative estimate of drug-likeness (QED) is 0.693. The van der Waals surface area contributed by atoms with Crippen molar-refractivity contribution in [3.8, 4) is 0 Å². The van der Waals surface area contributed by atoms with Crippen LogP contribution in [-0.2, 0) is 0 Å². The molecular formula is C8H9ClFN. The number of anilines is 1. The summed E-state index contributed by atoms with van der Waals surface area (Å²) in [5.41, 5.74) is -0.439. The Balaban J connectivity index is 2.39. The lowest BCUT2D eigenvalue weighted by Crippen LogP contribution is -2.08. The molecule has 1 rings (SSSR count). The van der Waals surface area contributed by atoms with Crippen LogP contribution in [0.1, 0.15) is 0 Å². The molecule has 0 aliphatic rings. The highest BCUT2D eigenvalue weighted by molar-refractivity contribution is 6.19. The number of halogens is 2. The molecule has 0 radical (unpaired) electrons. The van der Waals surface area contributed by atoms with E-state index in [4.69, 9.17) is 11.6 Å². The highest BCUT2D eigenvalue weighted by Crippen LogP contribution is 2.06. The van der Waals surface area contributed by atoms with Crippen molar-refractivity contribution in [2.75, 3.05) is 11.9 Å². The van der Waals surface area contributed by atoms with Crippen LogP contribution in [0.2, 0.25) is 0 Å². The fourth-order valence-electron chi connectivity index (χ4n) is 0.751. The van der Waals surface area contributed by atoms with Crippen LogP contribution in [0.15, 0.2) is 30.3 Å². The van der Waals surface area contributed by atoms with Crippen LogP contribution in [0.5, 0.6) is 0 Å². The lowest BCUT2D eigenvalue weighted by molar-refractivity contribution is 0.460. The number of alkyl halides is 2. The highest BCUT2D eigenvalue weighted by Gasteiger charge is 1.97. The summed E-state index contributed by atoms with van der Waals surface area (Å²) in [4.78, 5) is 0. The Morgan fingerprint density at radius 1 is 1.36 bits per heavy atom. The Morgan fingerprint density at radius 2 is 2.00 bits per heavy atom. The lowest BCUT2D eigenvalue weighted by atomic mass is 10.3. The summed E-state index contributed by atoms with van der Waals surface area (Å²) in [6.45, 7) is 0.144. The molecular weight excluding hydrogens is 165 g/mol. The second-order valence-electron chi connectivity index (χ2n) is 2.14. The first-order chi connectivity index (χ1) is 5.29. The molecule has 0 spiro atoms. The van der Waals surface area contributed by atoms with Crippen LogP contribution in [0.4, 0.5) is 10.1 Å². The molecule has 11 heavy (non-hydrogen) atoms. The van der Waals surface area contributed by atoms with E-state index in [1.54, 1.807) is 0 Å². The highest BCUT2D eigenvalue weighted by atomic mass is 35.5. The van der Waals surface area contributed by atoms with Gasteiger partial charge >= 0.3 is 0 Å². The fraction of sp³-hybridized carbons (Fsp3) is 0.250. The summed E-state index contributed by atoms with van der Waals surface area (Å²) in [5.74, 6) is 0. The van der Waals surface area contributed by atoms with Gasteiger partial charge in [0, 0.05) is 5.69 Å². The molecule has 1 nitrogen and oxygen atoms in total. The minimum atomic E-state index is -1.32. The third-order valence-electron chi connectivity index (χ3n) is 1.23. The molecule has 0 saturated carbocycles. The predicted octanol–water partition coefficient (Wildman–Crippen LogP) is 2.63. The first-order valence-corrected chi connectivity index (χ1v) is 3.80. The van der Waals surface area contributed by atoms with E-state index in [1.165, 1.54) is 0 Å². The van der Waals surface area contributed by atoms with E-state index in [-0.39, 0.29) is 6.54 Å². The molecule has 1 aromatic rings. The van der Waals surface area contributed by atoms with E-state index < -0.39 is 5.63 Å². The van der Waals surface area contributed by atoms with Gasteiger partial charge < -0.3 is 5.32 Å². The zero-order chi connectivity index (χ0) is 8.10. The molecule has 1 N–H and O–H groups in total. The van der Waals surface area contributed by atoms with Crippen LogP contribution in [0.25, 0.3) is 0 Å². The van der Waals surface area contributed by atoms with Gasteiger partial charge in [0.1, 0.15) is 0 Å². The average Bonchev–Trinajstić information content (AvgIpc) is 2.03. The first-order valence-electron chi connectivity index (χ1n) is 3.36. The number of nitrogens with one attached hydrogen (secondary N) is 1. The molecule has 0 aliphatic heterocycles. The van der Waals surface area contributed by atoms with Gasteiger partial charge in [-0.25, -0.2) is 4.39 Å². The summed E-state index contributed by atoms with van der Waals surface area (Å²) >= 11 is 5.10. The van der Waals surface area contributed by atoms with Crippen molar-refractivity contribution >= 4 is 17.3 Å². The van der Waals surface area contributed by atoms with Crippen molar-refractivity contribution in [2.24, 2.45) is 0 Å². The predicted molar refractivity (Wildman–Crippen MR) is 45.7 cm³/mol. The zero-order valence-electron chi connectivity index (χ0n) is 5.93. The molecule has 0 fully saturated rings. The van der Waals surface area contributed by atoms with Gasteiger partial charge in [-0.2, -0.15) is 0 Å². The number of hydrogen-bond acceptors (Lipinski definition) is 1. The maximum Gasteiger partial charge on any atom is 0.190 e. The molecule has 0 aromatic heterocycles. The number of benzene rings is 1. The molecule has 0 amide bonds. The molecule has 0 saturated heterocycles. The van der Waals surface area contributed by atoms with Gasteiger partial charge in [0.05, 0.1) is 6.54 Å². The van der Waals surface area contributed by atoms with E-state index in [9.17, 15) is 4.39 Å². The van der Waals surface area contributed by atoms with Crippen LogP contribution in [0.3, 0.4) is 0 Å². The lowest BCUT2D eigenvalue weighted by Gasteiger charge is -2.04. The van der Waals surface area contributed by atoms with E-state index in [0.717, 1.165) is 5.69 Å². The van der Waals surface area contributed by atoms with E-state index in [1.807, 2.05) is 30.3 Å². The van der Waals surface area contributed by atoms with Gasteiger partial charge in [-0.3, -0.25) is 0 Å². The number of para-hydroxylation sites is 1. The molecule has 0 aliphatic carbocycles. The molecule has 1 aromatic carbocycles. The van der Waals surface area contributed by atoms with Crippen molar-refractivity contribution in [3.63, 3.8) is 0 Å². The van der Waals surface area contributed by atoms with Crippen LogP contribution in [-0.4, -0.2) is 12.2 Å². The van der Waals surface area contributed by atoms with Crippen molar-refractivity contribution in [1.29, 1.82) is 0 Å². The Kier molecular flexibility index (Phi) is 3.17. The second-order valence-corrected chi connectivity index (χ2v) is 2.61. The summed E-state index contributed by atoms with van der Waals surface area (Å²) in [6.07, 6.45) is 0. The Bertz CT molecular complexity index is 201. The molecule has 1 atom stereocenters. The standard InChI is InChI=1S/C8H9ClFN/c9-8(10)6-11-7-4-2-1-3-5-7/h1-5,8,11H,6H2. The van der Waals surface area contributed by atoms with E-state index >= 15 is 0 Å². The van der Waals surface area contributed by atoms with Crippen molar-refractivity contribution in [2.45, 2.75) is 5.63 Å². The largest absolute Gasteiger partial charge is 0.381 e. The van der Waals surface area contributed by atoms with Crippen LogP contribution < -0.4 is 5.32 Å². The Labute approximate surface area is 70.2 Å². The normalized spacial score (nSPS) is 12.5. The topological polar surface area (TPSA) is 12.0 Å². The van der Waals surface area contributed by atoms with E-state index in [2.05, 4.69) is 5.32 Å². The molecule has 1 unspecified atom stereocenters. The zero-order valence-corrected chi connectivity index (χ0v) is 6.68. The average molecular weight is 174 g/mol. The monoisotopic (exact) mass is 173 g/mol. The SMILES string of the molecule is FC(Cl)CNc1ccccc1. The van der Waals surface area contributed by atoms with Crippen LogP contribution >= 0.6 is 11.6 Å². The number of hydrogen-bond donors (Lipinski definition) is 1. The molecule has 3 heteroatoms. The van der Waals surface area contributed by atoms with Crippen molar-refractivity contribution in [1.82, 2.24) is 0 Å². The van der Waals surface area contributed by atoms with E-state index in [0.29, 0.717) is 0 Å².